The maximum atomic E-state index is 12.3. The van der Waals surface area contributed by atoms with Gasteiger partial charge >= 0.3 is 6.09 Å². The molecule has 0 radical (unpaired) electrons. The SMILES string of the molecule is CCN1CCN(C(=O)c2ccc(NC(=O)O)nc2)CC1. The van der Waals surface area contributed by atoms with Crippen molar-refractivity contribution in [2.45, 2.75) is 6.92 Å². The van der Waals surface area contributed by atoms with Gasteiger partial charge in [-0.2, -0.15) is 0 Å². The number of anilines is 1. The van der Waals surface area contributed by atoms with Crippen molar-refractivity contribution in [1.82, 2.24) is 14.8 Å². The van der Waals surface area contributed by atoms with Crippen molar-refractivity contribution >= 4 is 17.8 Å². The van der Waals surface area contributed by atoms with Crippen LogP contribution in [0.25, 0.3) is 0 Å². The Hall–Kier alpha value is -2.15. The Morgan fingerprint density at radius 3 is 2.50 bits per heavy atom. The zero-order valence-corrected chi connectivity index (χ0v) is 11.4. The molecule has 1 aliphatic heterocycles. The van der Waals surface area contributed by atoms with Gasteiger partial charge in [0.2, 0.25) is 0 Å². The minimum Gasteiger partial charge on any atom is -0.465 e. The van der Waals surface area contributed by atoms with Crippen LogP contribution in [0.3, 0.4) is 0 Å². The van der Waals surface area contributed by atoms with Crippen LogP contribution in [0, 0.1) is 0 Å². The molecule has 7 nitrogen and oxygen atoms in total. The maximum Gasteiger partial charge on any atom is 0.410 e. The fourth-order valence-corrected chi connectivity index (χ4v) is 2.15. The second-order valence-electron chi connectivity index (χ2n) is 4.59. The van der Waals surface area contributed by atoms with Crippen molar-refractivity contribution in [1.29, 1.82) is 0 Å². The van der Waals surface area contributed by atoms with E-state index in [0.29, 0.717) is 18.7 Å². The third-order valence-corrected chi connectivity index (χ3v) is 3.35. The molecule has 1 saturated heterocycles. The summed E-state index contributed by atoms with van der Waals surface area (Å²) in [5, 5.41) is 10.7. The van der Waals surface area contributed by atoms with Crippen LogP contribution in [0.2, 0.25) is 0 Å². The molecule has 2 heterocycles. The highest BCUT2D eigenvalue weighted by Crippen LogP contribution is 2.10. The molecule has 0 atom stereocenters. The summed E-state index contributed by atoms with van der Waals surface area (Å²) in [4.78, 5) is 30.7. The molecule has 0 saturated carbocycles. The topological polar surface area (TPSA) is 85.8 Å². The molecule has 20 heavy (non-hydrogen) atoms. The van der Waals surface area contributed by atoms with Crippen LogP contribution in [0.5, 0.6) is 0 Å². The van der Waals surface area contributed by atoms with Crippen LogP contribution in [0.1, 0.15) is 17.3 Å². The molecule has 1 fully saturated rings. The van der Waals surface area contributed by atoms with E-state index in [0.717, 1.165) is 19.6 Å². The van der Waals surface area contributed by atoms with Gasteiger partial charge in [-0.05, 0) is 18.7 Å². The predicted octanol–water partition coefficient (Wildman–Crippen LogP) is 0.949. The number of aromatic nitrogens is 1. The number of hydrogen-bond acceptors (Lipinski definition) is 4. The van der Waals surface area contributed by atoms with E-state index in [2.05, 4.69) is 22.1 Å². The van der Waals surface area contributed by atoms with Gasteiger partial charge in [-0.25, -0.2) is 9.78 Å². The van der Waals surface area contributed by atoms with Crippen LogP contribution in [0.15, 0.2) is 18.3 Å². The number of amides is 2. The number of rotatable bonds is 3. The van der Waals surface area contributed by atoms with E-state index in [1.54, 1.807) is 11.0 Å². The van der Waals surface area contributed by atoms with Crippen LogP contribution >= 0.6 is 0 Å². The average Bonchev–Trinajstić information content (AvgIpc) is 2.47. The van der Waals surface area contributed by atoms with E-state index in [-0.39, 0.29) is 11.7 Å². The third kappa shape index (κ3) is 3.45. The number of carbonyl (C=O) groups is 2. The van der Waals surface area contributed by atoms with E-state index >= 15 is 0 Å². The number of nitrogens with one attached hydrogen (secondary N) is 1. The highest BCUT2D eigenvalue weighted by atomic mass is 16.4. The highest BCUT2D eigenvalue weighted by molar-refractivity contribution is 5.94. The molecule has 7 heteroatoms. The van der Waals surface area contributed by atoms with Gasteiger partial charge in [-0.15, -0.1) is 0 Å². The van der Waals surface area contributed by atoms with Gasteiger partial charge in [-0.3, -0.25) is 10.1 Å². The number of piperazine rings is 1. The smallest absolute Gasteiger partial charge is 0.410 e. The van der Waals surface area contributed by atoms with Crippen LogP contribution < -0.4 is 5.32 Å². The lowest BCUT2D eigenvalue weighted by Gasteiger charge is -2.34. The molecule has 0 aromatic carbocycles. The van der Waals surface area contributed by atoms with Gasteiger partial charge < -0.3 is 14.9 Å². The molecular formula is C13H18N4O3. The Labute approximate surface area is 117 Å². The summed E-state index contributed by atoms with van der Waals surface area (Å²) in [6.07, 6.45) is 0.229. The Morgan fingerprint density at radius 2 is 2.00 bits per heavy atom. The van der Waals surface area contributed by atoms with E-state index in [4.69, 9.17) is 5.11 Å². The summed E-state index contributed by atoms with van der Waals surface area (Å²) in [5.41, 5.74) is 0.478. The summed E-state index contributed by atoms with van der Waals surface area (Å²) in [6.45, 7) is 6.29. The minimum atomic E-state index is -1.17. The first-order chi connectivity index (χ1) is 9.60. The number of pyridine rings is 1. The summed E-state index contributed by atoms with van der Waals surface area (Å²) in [6, 6.07) is 3.08. The molecule has 2 amide bonds. The molecule has 0 spiro atoms. The van der Waals surface area contributed by atoms with Gasteiger partial charge in [0.1, 0.15) is 5.82 Å². The number of hydrogen-bond donors (Lipinski definition) is 2. The van der Waals surface area contributed by atoms with Crippen molar-refractivity contribution in [3.05, 3.63) is 23.9 Å². The Bertz CT molecular complexity index is 481. The van der Waals surface area contributed by atoms with E-state index in [1.807, 2.05) is 0 Å². The highest BCUT2D eigenvalue weighted by Gasteiger charge is 2.21. The monoisotopic (exact) mass is 278 g/mol. The fraction of sp³-hybridized carbons (Fsp3) is 0.462. The van der Waals surface area contributed by atoms with Crippen molar-refractivity contribution in [3.63, 3.8) is 0 Å². The molecular weight excluding hydrogens is 260 g/mol. The second kappa shape index (κ2) is 6.33. The number of nitrogens with zero attached hydrogens (tertiary/aromatic N) is 3. The lowest BCUT2D eigenvalue weighted by molar-refractivity contribution is 0.0643. The van der Waals surface area contributed by atoms with Crippen LogP contribution in [-0.4, -0.2) is 64.6 Å². The Kier molecular flexibility index (Phi) is 4.52. The lowest BCUT2D eigenvalue weighted by atomic mass is 10.2. The second-order valence-corrected chi connectivity index (χ2v) is 4.59. The standard InChI is InChI=1S/C13H18N4O3/c1-2-16-5-7-17(8-6-16)12(18)10-3-4-11(14-9-10)15-13(19)20/h3-4,9H,2,5-8H2,1H3,(H,14,15)(H,19,20). The molecule has 0 aliphatic carbocycles. The van der Waals surface area contributed by atoms with Gasteiger partial charge in [0.05, 0.1) is 5.56 Å². The van der Waals surface area contributed by atoms with Gasteiger partial charge in [0.15, 0.2) is 0 Å². The minimum absolute atomic E-state index is 0.0601. The average molecular weight is 278 g/mol. The lowest BCUT2D eigenvalue weighted by Crippen LogP contribution is -2.48. The molecule has 1 aromatic heterocycles. The number of carboxylic acid groups (broad SMARTS) is 1. The molecule has 2 N–H and O–H groups in total. The van der Waals surface area contributed by atoms with Gasteiger partial charge in [0.25, 0.3) is 5.91 Å². The third-order valence-electron chi connectivity index (χ3n) is 3.35. The maximum absolute atomic E-state index is 12.3. The van der Waals surface area contributed by atoms with Crippen molar-refractivity contribution in [2.75, 3.05) is 38.0 Å². The van der Waals surface area contributed by atoms with Crippen molar-refractivity contribution in [3.8, 4) is 0 Å². The fourth-order valence-electron chi connectivity index (χ4n) is 2.15. The first kappa shape index (κ1) is 14.3. The molecule has 1 aromatic rings. The zero-order chi connectivity index (χ0) is 14.5. The first-order valence-corrected chi connectivity index (χ1v) is 6.57. The number of carbonyl (C=O) groups excluding carboxylic acids is 1. The molecule has 108 valence electrons. The summed E-state index contributed by atoms with van der Waals surface area (Å²) < 4.78 is 0. The summed E-state index contributed by atoms with van der Waals surface area (Å²) in [7, 11) is 0. The largest absolute Gasteiger partial charge is 0.465 e. The van der Waals surface area contributed by atoms with Gasteiger partial charge in [-0.1, -0.05) is 6.92 Å². The molecule has 2 rings (SSSR count). The molecule has 0 unspecified atom stereocenters. The van der Waals surface area contributed by atoms with E-state index < -0.39 is 6.09 Å². The zero-order valence-electron chi connectivity index (χ0n) is 11.4. The first-order valence-electron chi connectivity index (χ1n) is 6.57. The number of likely N-dealkylation sites (N-methyl/N-ethyl adjacent to an activating group) is 1. The van der Waals surface area contributed by atoms with Crippen LogP contribution in [0.4, 0.5) is 10.6 Å². The van der Waals surface area contributed by atoms with Crippen molar-refractivity contribution in [2.24, 2.45) is 0 Å². The predicted molar refractivity (Wildman–Crippen MR) is 73.9 cm³/mol. The summed E-state index contributed by atoms with van der Waals surface area (Å²) >= 11 is 0. The van der Waals surface area contributed by atoms with Crippen LogP contribution in [-0.2, 0) is 0 Å². The quantitative estimate of drug-likeness (QED) is 0.859. The Morgan fingerprint density at radius 1 is 1.30 bits per heavy atom. The molecule has 0 bridgehead atoms. The summed E-state index contributed by atoms with van der Waals surface area (Å²) in [5.74, 6) is 0.153. The van der Waals surface area contributed by atoms with E-state index in [1.165, 1.54) is 12.3 Å². The molecule has 1 aliphatic rings. The Balaban J connectivity index is 1.97. The van der Waals surface area contributed by atoms with Crippen molar-refractivity contribution < 1.29 is 14.7 Å². The van der Waals surface area contributed by atoms with E-state index in [9.17, 15) is 9.59 Å². The van der Waals surface area contributed by atoms with Gasteiger partial charge in [0, 0.05) is 32.4 Å². The normalized spacial score (nSPS) is 15.9.